The van der Waals surface area contributed by atoms with Crippen molar-refractivity contribution < 1.29 is 24.5 Å². The number of carbonyl (C=O) groups is 2. The van der Waals surface area contributed by atoms with Gasteiger partial charge in [0.2, 0.25) is 0 Å². The molecule has 0 radical (unpaired) electrons. The first-order valence-electron chi connectivity index (χ1n) is 10.9. The molecule has 0 saturated carbocycles. The lowest BCUT2D eigenvalue weighted by Gasteiger charge is -2.16. The summed E-state index contributed by atoms with van der Waals surface area (Å²) in [5.41, 5.74) is 5.92. The molecule has 0 atom stereocenters. The number of benzene rings is 3. The number of hydrogen-bond acceptors (Lipinski definition) is 8. The quantitative estimate of drug-likeness (QED) is 0.155. The Hall–Kier alpha value is -5.69. The van der Waals surface area contributed by atoms with Crippen LogP contribution >= 0.6 is 0 Å². The van der Waals surface area contributed by atoms with Crippen LogP contribution in [0, 0.1) is 11.3 Å². The highest BCUT2D eigenvalue weighted by atomic mass is 16.7. The summed E-state index contributed by atoms with van der Waals surface area (Å²) in [6.45, 7) is 0. The first-order valence-corrected chi connectivity index (χ1v) is 10.9. The predicted octanol–water partition coefficient (Wildman–Crippen LogP) is 4.88. The zero-order valence-corrected chi connectivity index (χ0v) is 19.0. The van der Waals surface area contributed by atoms with Crippen LogP contribution < -0.4 is 15.1 Å². The molecule has 0 aliphatic carbocycles. The molecule has 1 aliphatic heterocycles. The monoisotopic (exact) mass is 491 g/mol. The van der Waals surface area contributed by atoms with Crippen molar-refractivity contribution in [3.63, 3.8) is 0 Å². The molecule has 1 amide bonds. The molecule has 0 fully saturated rings. The van der Waals surface area contributed by atoms with E-state index < -0.39 is 12.1 Å². The molecule has 180 valence electrons. The molecule has 3 N–H and O–H groups in total. The smallest absolute Gasteiger partial charge is 0.505 e. The Morgan fingerprint density at radius 2 is 1.81 bits per heavy atom. The van der Waals surface area contributed by atoms with Gasteiger partial charge in [-0.3, -0.25) is 20.1 Å². The van der Waals surface area contributed by atoms with Crippen LogP contribution in [0.25, 0.3) is 11.1 Å². The molecule has 10 heteroatoms. The number of ether oxygens (including phenoxy) is 1. The van der Waals surface area contributed by atoms with Gasteiger partial charge in [-0.15, -0.1) is 0 Å². The van der Waals surface area contributed by atoms with Gasteiger partial charge in [-0.1, -0.05) is 42.5 Å². The highest BCUT2D eigenvalue weighted by molar-refractivity contribution is 6.55. The predicted molar refractivity (Wildman–Crippen MR) is 135 cm³/mol. The van der Waals surface area contributed by atoms with E-state index in [9.17, 15) is 20.0 Å². The Bertz CT molecular complexity index is 1630. The number of pyridine rings is 1. The third-order valence-electron chi connectivity index (χ3n) is 5.59. The van der Waals surface area contributed by atoms with Crippen LogP contribution in [0.1, 0.15) is 11.1 Å². The van der Waals surface area contributed by atoms with Gasteiger partial charge in [0, 0.05) is 17.3 Å². The number of aromatic nitrogens is 1. The lowest BCUT2D eigenvalue weighted by atomic mass is 10.0. The zero-order valence-electron chi connectivity index (χ0n) is 19.0. The average molecular weight is 491 g/mol. The average Bonchev–Trinajstić information content (AvgIpc) is 3.19. The van der Waals surface area contributed by atoms with E-state index in [1.807, 2.05) is 6.07 Å². The van der Waals surface area contributed by atoms with E-state index in [2.05, 4.69) is 15.5 Å². The largest absolute Gasteiger partial charge is 0.511 e. The number of carbonyl (C=O) groups excluding carboxylic acids is 1. The number of hydrazone groups is 1. The summed E-state index contributed by atoms with van der Waals surface area (Å²) < 4.78 is 4.70. The van der Waals surface area contributed by atoms with Crippen LogP contribution in [0.5, 0.6) is 11.5 Å². The number of nitrogens with zero attached hydrogens (tertiary/aromatic N) is 4. The number of anilines is 3. The minimum absolute atomic E-state index is 0.103. The van der Waals surface area contributed by atoms with Gasteiger partial charge < -0.3 is 14.9 Å². The molecule has 1 aromatic heterocycles. The molecule has 37 heavy (non-hydrogen) atoms. The summed E-state index contributed by atoms with van der Waals surface area (Å²) >= 11 is 0. The minimum atomic E-state index is -1.45. The Morgan fingerprint density at radius 3 is 2.62 bits per heavy atom. The number of nitriles is 1. The van der Waals surface area contributed by atoms with Gasteiger partial charge in [-0.25, -0.2) is 4.79 Å². The fourth-order valence-corrected chi connectivity index (χ4v) is 3.99. The van der Waals surface area contributed by atoms with Crippen molar-refractivity contribution >= 4 is 34.8 Å². The maximum Gasteiger partial charge on any atom is 0.511 e. The zero-order chi connectivity index (χ0) is 25.9. The molecule has 0 unspecified atom stereocenters. The summed E-state index contributed by atoms with van der Waals surface area (Å²) in [5, 5.41) is 33.3. The number of amides is 1. The maximum atomic E-state index is 13.4. The summed E-state index contributed by atoms with van der Waals surface area (Å²) in [5.74, 6) is -0.480. The Kier molecular flexibility index (Phi) is 5.93. The van der Waals surface area contributed by atoms with Crippen molar-refractivity contribution in [3.05, 3.63) is 96.3 Å². The number of phenolic OH excluding ortho intramolecular Hbond substituents is 1. The summed E-state index contributed by atoms with van der Waals surface area (Å²) in [6.07, 6.45) is 1.45. The van der Waals surface area contributed by atoms with Gasteiger partial charge >= 0.3 is 6.16 Å². The Morgan fingerprint density at radius 1 is 1.03 bits per heavy atom. The van der Waals surface area contributed by atoms with Crippen LogP contribution in [-0.2, 0) is 4.79 Å². The normalized spacial score (nSPS) is 13.2. The van der Waals surface area contributed by atoms with Crippen LogP contribution in [-0.4, -0.2) is 33.0 Å². The highest BCUT2D eigenvalue weighted by Crippen LogP contribution is 2.38. The van der Waals surface area contributed by atoms with Gasteiger partial charge in [0.1, 0.15) is 17.6 Å². The summed E-state index contributed by atoms with van der Waals surface area (Å²) in [4.78, 5) is 29.7. The topological polar surface area (TPSA) is 148 Å². The van der Waals surface area contributed by atoms with E-state index in [1.54, 1.807) is 60.7 Å². The van der Waals surface area contributed by atoms with Crippen molar-refractivity contribution in [1.82, 2.24) is 4.98 Å². The van der Waals surface area contributed by atoms with E-state index in [0.29, 0.717) is 33.6 Å². The van der Waals surface area contributed by atoms with E-state index in [-0.39, 0.29) is 22.9 Å². The summed E-state index contributed by atoms with van der Waals surface area (Å²) in [7, 11) is 0. The second-order valence-corrected chi connectivity index (χ2v) is 7.87. The van der Waals surface area contributed by atoms with Crippen LogP contribution in [0.15, 0.2) is 90.3 Å². The molecule has 10 nitrogen and oxygen atoms in total. The number of fused-ring (bicyclic) bond motifs is 1. The van der Waals surface area contributed by atoms with Crippen LogP contribution in [0.2, 0.25) is 0 Å². The first-order chi connectivity index (χ1) is 18.0. The third kappa shape index (κ3) is 4.40. The SMILES string of the molecule is N#Cc1cncc(N2C(=O)C(=NNc3cccc(-c4cccc(OC(=O)O)c4)c3O)c3ccccc32)c1. The first kappa shape index (κ1) is 23.1. The molecular formula is C27H17N5O5. The fourth-order valence-electron chi connectivity index (χ4n) is 3.99. The lowest BCUT2D eigenvalue weighted by Crippen LogP contribution is -2.26. The van der Waals surface area contributed by atoms with Crippen LogP contribution in [0.4, 0.5) is 21.9 Å². The second-order valence-electron chi connectivity index (χ2n) is 7.87. The minimum Gasteiger partial charge on any atom is -0.505 e. The molecule has 3 aromatic carbocycles. The lowest BCUT2D eigenvalue weighted by molar-refractivity contribution is -0.111. The van der Waals surface area contributed by atoms with Crippen molar-refractivity contribution in [3.8, 4) is 28.7 Å². The number of aromatic hydroxyl groups is 1. The van der Waals surface area contributed by atoms with Crippen molar-refractivity contribution in [2.24, 2.45) is 5.10 Å². The van der Waals surface area contributed by atoms with Crippen molar-refractivity contribution in [1.29, 1.82) is 5.26 Å². The van der Waals surface area contributed by atoms with Crippen LogP contribution in [0.3, 0.4) is 0 Å². The van der Waals surface area contributed by atoms with Crippen molar-refractivity contribution in [2.45, 2.75) is 0 Å². The molecule has 0 spiro atoms. The number of para-hydroxylation sites is 2. The maximum absolute atomic E-state index is 13.4. The van der Waals surface area contributed by atoms with E-state index in [1.165, 1.54) is 29.4 Å². The van der Waals surface area contributed by atoms with E-state index >= 15 is 0 Å². The molecule has 4 aromatic rings. The summed E-state index contributed by atoms with van der Waals surface area (Å²) in [6, 6.07) is 21.8. The molecule has 1 aliphatic rings. The molecule has 5 rings (SSSR count). The van der Waals surface area contributed by atoms with Gasteiger partial charge in [0.15, 0.2) is 5.71 Å². The fraction of sp³-hybridized carbons (Fsp3) is 0. The second kappa shape index (κ2) is 9.52. The standard InChI is InChI=1S/C27H17N5O5/c28-13-16-11-18(15-29-14-16)32-23-10-2-1-7-21(23)24(26(32)34)31-30-22-9-4-8-20(25(22)33)17-5-3-6-19(12-17)37-27(35)36/h1-12,14-15,30,33H,(H,35,36). The molecular weight excluding hydrogens is 474 g/mol. The molecule has 0 saturated heterocycles. The molecule has 2 heterocycles. The van der Waals surface area contributed by atoms with Gasteiger partial charge in [0.25, 0.3) is 5.91 Å². The number of nitrogens with one attached hydrogen (secondary N) is 1. The van der Waals surface area contributed by atoms with Gasteiger partial charge in [-0.2, -0.15) is 10.4 Å². The van der Waals surface area contributed by atoms with Gasteiger partial charge in [-0.05, 0) is 35.9 Å². The number of hydrogen-bond donors (Lipinski definition) is 3. The van der Waals surface area contributed by atoms with E-state index in [4.69, 9.17) is 9.84 Å². The number of phenols is 1. The third-order valence-corrected chi connectivity index (χ3v) is 5.59. The van der Waals surface area contributed by atoms with Gasteiger partial charge in [0.05, 0.1) is 28.8 Å². The van der Waals surface area contributed by atoms with Crippen molar-refractivity contribution in [2.75, 3.05) is 10.3 Å². The highest BCUT2D eigenvalue weighted by Gasteiger charge is 2.35. The Balaban J connectivity index is 1.49. The number of carboxylic acid groups (broad SMARTS) is 1. The number of rotatable bonds is 5. The molecule has 0 bridgehead atoms. The van der Waals surface area contributed by atoms with E-state index in [0.717, 1.165) is 0 Å². The Labute approximate surface area is 210 Å².